The van der Waals surface area contributed by atoms with Gasteiger partial charge in [0, 0.05) is 60.6 Å². The first-order valence-corrected chi connectivity index (χ1v) is 13.6. The summed E-state index contributed by atoms with van der Waals surface area (Å²) in [6, 6.07) is 15.7. The third kappa shape index (κ3) is 5.19. The minimum atomic E-state index is -0.245. The standard InChI is InChI=1S/C28H29ClFN3O2S/c1-19-18-32(14-15-33(19)28(35)20-5-7-22(29)8-6-20)26(34)10-13-31-12-9-25-24(11-16-36-25)27(31)21-3-2-4-23(30)17-21/h2-8,11,16-17,19,27H,9-10,12-15,18H2,1H3. The van der Waals surface area contributed by atoms with Gasteiger partial charge in [-0.2, -0.15) is 0 Å². The van der Waals surface area contributed by atoms with Gasteiger partial charge >= 0.3 is 0 Å². The van der Waals surface area contributed by atoms with Crippen molar-refractivity contribution in [3.63, 3.8) is 0 Å². The Morgan fingerprint density at radius 3 is 2.64 bits per heavy atom. The summed E-state index contributed by atoms with van der Waals surface area (Å²) in [6.07, 6.45) is 1.33. The Morgan fingerprint density at radius 2 is 1.89 bits per heavy atom. The largest absolute Gasteiger partial charge is 0.339 e. The molecule has 0 spiro atoms. The van der Waals surface area contributed by atoms with Crippen LogP contribution in [0, 0.1) is 5.82 Å². The summed E-state index contributed by atoms with van der Waals surface area (Å²) in [5, 5.41) is 2.69. The molecule has 188 valence electrons. The minimum absolute atomic E-state index is 0.0379. The van der Waals surface area contributed by atoms with E-state index in [0.29, 0.717) is 43.2 Å². The van der Waals surface area contributed by atoms with E-state index in [1.54, 1.807) is 47.7 Å². The Bertz CT molecular complexity index is 1250. The Kier molecular flexibility index (Phi) is 7.42. The zero-order valence-corrected chi connectivity index (χ0v) is 21.8. The molecule has 0 N–H and O–H groups in total. The van der Waals surface area contributed by atoms with Gasteiger partial charge in [-0.25, -0.2) is 4.39 Å². The van der Waals surface area contributed by atoms with Crippen LogP contribution in [-0.4, -0.2) is 65.3 Å². The number of carbonyl (C=O) groups is 2. The highest BCUT2D eigenvalue weighted by Gasteiger charge is 2.33. The second-order valence-corrected chi connectivity index (χ2v) is 10.9. The molecule has 0 saturated carbocycles. The van der Waals surface area contributed by atoms with Gasteiger partial charge < -0.3 is 9.80 Å². The molecule has 0 radical (unpaired) electrons. The van der Waals surface area contributed by atoms with E-state index in [9.17, 15) is 14.0 Å². The quantitative estimate of drug-likeness (QED) is 0.457. The summed E-state index contributed by atoms with van der Waals surface area (Å²) in [5.41, 5.74) is 2.74. The zero-order chi connectivity index (χ0) is 25.2. The van der Waals surface area contributed by atoms with Crippen molar-refractivity contribution in [1.82, 2.24) is 14.7 Å². The van der Waals surface area contributed by atoms with Crippen LogP contribution < -0.4 is 0 Å². The maximum absolute atomic E-state index is 14.0. The third-order valence-electron chi connectivity index (χ3n) is 7.18. The number of thiophene rings is 1. The molecule has 5 rings (SSSR count). The lowest BCUT2D eigenvalue weighted by molar-refractivity contribution is -0.134. The molecule has 2 unspecified atom stereocenters. The Hall–Kier alpha value is -2.74. The lowest BCUT2D eigenvalue weighted by atomic mass is 9.93. The first-order chi connectivity index (χ1) is 17.4. The number of nitrogens with zero attached hydrogens (tertiary/aromatic N) is 3. The summed E-state index contributed by atoms with van der Waals surface area (Å²) in [6.45, 7) is 4.96. The maximum atomic E-state index is 14.0. The Labute approximate surface area is 220 Å². The second-order valence-electron chi connectivity index (χ2n) is 9.49. The van der Waals surface area contributed by atoms with Crippen LogP contribution in [0.1, 0.15) is 45.7 Å². The Balaban J connectivity index is 1.22. The van der Waals surface area contributed by atoms with Crippen LogP contribution in [0.5, 0.6) is 0 Å². The van der Waals surface area contributed by atoms with Crippen LogP contribution in [0.15, 0.2) is 60.0 Å². The molecule has 0 aliphatic carbocycles. The molecule has 2 aliphatic rings. The van der Waals surface area contributed by atoms with Crippen LogP contribution >= 0.6 is 22.9 Å². The van der Waals surface area contributed by atoms with E-state index in [2.05, 4.69) is 16.3 Å². The van der Waals surface area contributed by atoms with Crippen molar-refractivity contribution >= 4 is 34.8 Å². The number of halogens is 2. The molecule has 1 aromatic heterocycles. The molecular weight excluding hydrogens is 497 g/mol. The van der Waals surface area contributed by atoms with E-state index >= 15 is 0 Å². The number of piperazine rings is 1. The van der Waals surface area contributed by atoms with Gasteiger partial charge in [-0.1, -0.05) is 23.7 Å². The Morgan fingerprint density at radius 1 is 1.08 bits per heavy atom. The van der Waals surface area contributed by atoms with Crippen molar-refractivity contribution in [2.75, 3.05) is 32.7 Å². The maximum Gasteiger partial charge on any atom is 0.254 e. The van der Waals surface area contributed by atoms with E-state index in [0.717, 1.165) is 18.5 Å². The van der Waals surface area contributed by atoms with Crippen molar-refractivity contribution in [3.05, 3.63) is 92.4 Å². The van der Waals surface area contributed by atoms with Gasteiger partial charge in [0.05, 0.1) is 6.04 Å². The van der Waals surface area contributed by atoms with Crippen molar-refractivity contribution < 1.29 is 14.0 Å². The molecule has 1 saturated heterocycles. The summed E-state index contributed by atoms with van der Waals surface area (Å²) in [5.74, 6) is -0.190. The fraction of sp³-hybridized carbons (Fsp3) is 0.357. The van der Waals surface area contributed by atoms with Crippen LogP contribution in [0.25, 0.3) is 0 Å². The van der Waals surface area contributed by atoms with Crippen LogP contribution in [0.3, 0.4) is 0 Å². The number of hydrogen-bond donors (Lipinski definition) is 0. The minimum Gasteiger partial charge on any atom is -0.339 e. The molecule has 0 bridgehead atoms. The number of fused-ring (bicyclic) bond motifs is 1. The molecule has 3 aromatic rings. The molecule has 1 fully saturated rings. The first kappa shape index (κ1) is 24.9. The predicted octanol–water partition coefficient (Wildman–Crippen LogP) is 5.25. The van der Waals surface area contributed by atoms with Gasteiger partial charge in [-0.3, -0.25) is 14.5 Å². The molecule has 8 heteroatoms. The summed E-state index contributed by atoms with van der Waals surface area (Å²) < 4.78 is 14.0. The van der Waals surface area contributed by atoms with E-state index in [-0.39, 0.29) is 29.7 Å². The average Bonchev–Trinajstić information content (AvgIpc) is 3.36. The van der Waals surface area contributed by atoms with Crippen molar-refractivity contribution in [1.29, 1.82) is 0 Å². The molecular formula is C28H29ClFN3O2S. The highest BCUT2D eigenvalue weighted by Crippen LogP contribution is 2.38. The lowest BCUT2D eigenvalue weighted by Crippen LogP contribution is -2.55. The molecule has 3 heterocycles. The molecule has 36 heavy (non-hydrogen) atoms. The van der Waals surface area contributed by atoms with Gasteiger partial charge in [0.2, 0.25) is 5.91 Å². The average molecular weight is 526 g/mol. The monoisotopic (exact) mass is 525 g/mol. The lowest BCUT2D eigenvalue weighted by Gasteiger charge is -2.41. The topological polar surface area (TPSA) is 43.9 Å². The van der Waals surface area contributed by atoms with Crippen LogP contribution in [0.2, 0.25) is 5.02 Å². The number of benzene rings is 2. The van der Waals surface area contributed by atoms with E-state index in [4.69, 9.17) is 11.6 Å². The van der Waals surface area contributed by atoms with Gasteiger partial charge in [-0.05, 0) is 72.3 Å². The predicted molar refractivity (Wildman–Crippen MR) is 141 cm³/mol. The fourth-order valence-electron chi connectivity index (χ4n) is 5.32. The summed E-state index contributed by atoms with van der Waals surface area (Å²) in [4.78, 5) is 33.5. The van der Waals surface area contributed by atoms with Gasteiger partial charge in [0.1, 0.15) is 5.82 Å². The molecule has 2 aliphatic heterocycles. The second kappa shape index (κ2) is 10.7. The van der Waals surface area contributed by atoms with Gasteiger partial charge in [0.25, 0.3) is 5.91 Å². The number of carbonyl (C=O) groups excluding carboxylic acids is 2. The summed E-state index contributed by atoms with van der Waals surface area (Å²) in [7, 11) is 0. The molecule has 5 nitrogen and oxygen atoms in total. The molecule has 2 atom stereocenters. The van der Waals surface area contributed by atoms with Crippen molar-refractivity contribution in [2.24, 2.45) is 0 Å². The van der Waals surface area contributed by atoms with Crippen LogP contribution in [0.4, 0.5) is 4.39 Å². The zero-order valence-electron chi connectivity index (χ0n) is 20.2. The van der Waals surface area contributed by atoms with Gasteiger partial charge in [0.15, 0.2) is 0 Å². The first-order valence-electron chi connectivity index (χ1n) is 12.3. The smallest absolute Gasteiger partial charge is 0.254 e. The molecule has 2 amide bonds. The number of amides is 2. The van der Waals surface area contributed by atoms with Gasteiger partial charge in [-0.15, -0.1) is 11.3 Å². The molecule has 2 aromatic carbocycles. The van der Waals surface area contributed by atoms with Crippen LogP contribution in [-0.2, 0) is 11.2 Å². The highest BCUT2D eigenvalue weighted by molar-refractivity contribution is 7.10. The van der Waals surface area contributed by atoms with Crippen molar-refractivity contribution in [3.8, 4) is 0 Å². The summed E-state index contributed by atoms with van der Waals surface area (Å²) >= 11 is 7.70. The third-order valence-corrected chi connectivity index (χ3v) is 8.42. The SMILES string of the molecule is CC1CN(C(=O)CCN2CCc3sccc3C2c2cccc(F)c2)CCN1C(=O)c1ccc(Cl)cc1. The normalized spacial score (nSPS) is 20.3. The van der Waals surface area contributed by atoms with E-state index in [1.165, 1.54) is 16.5 Å². The number of hydrogen-bond acceptors (Lipinski definition) is 4. The highest BCUT2D eigenvalue weighted by atomic mass is 35.5. The fourth-order valence-corrected chi connectivity index (χ4v) is 6.35. The van der Waals surface area contributed by atoms with E-state index < -0.39 is 0 Å². The van der Waals surface area contributed by atoms with E-state index in [1.807, 2.05) is 22.8 Å². The van der Waals surface area contributed by atoms with Crippen molar-refractivity contribution in [2.45, 2.75) is 31.8 Å². The number of rotatable bonds is 5.